The average Bonchev–Trinajstić information content (AvgIpc) is 2.38. The van der Waals surface area contributed by atoms with Gasteiger partial charge in [-0.05, 0) is 12.1 Å². The van der Waals surface area contributed by atoms with E-state index in [1.54, 1.807) is 0 Å². The molecule has 96 valence electrons. The summed E-state index contributed by atoms with van der Waals surface area (Å²) in [5.74, 6) is -1.47. The van der Waals surface area contributed by atoms with Gasteiger partial charge in [-0.1, -0.05) is 11.2 Å². The number of rotatable bonds is 5. The number of nitrogens with one attached hydrogen (secondary N) is 1. The first-order valence-corrected chi connectivity index (χ1v) is 4.91. The van der Waals surface area contributed by atoms with Gasteiger partial charge in [-0.3, -0.25) is 5.43 Å². The number of carbonyl (C=O) groups excluding carboxylic acids is 1. The Bertz CT molecular complexity index is 475. The van der Waals surface area contributed by atoms with Crippen molar-refractivity contribution in [3.05, 3.63) is 29.6 Å². The molecule has 7 heteroatoms. The number of benzene rings is 1. The second-order valence-electron chi connectivity index (χ2n) is 2.98. The molecule has 0 bridgehead atoms. The number of hydrogen-bond donors (Lipinski definition) is 1. The van der Waals surface area contributed by atoms with Crippen LogP contribution >= 0.6 is 0 Å². The summed E-state index contributed by atoms with van der Waals surface area (Å²) in [6, 6.07) is 4.11. The number of carbonyl (C=O) groups is 1. The van der Waals surface area contributed by atoms with Crippen LogP contribution in [0.15, 0.2) is 28.5 Å². The van der Waals surface area contributed by atoms with Crippen LogP contribution in [0.2, 0.25) is 0 Å². The topological polar surface area (TPSA) is 72.3 Å². The number of nitrogens with zero attached hydrogens (tertiary/aromatic N) is 2. The Morgan fingerprint density at radius 1 is 1.39 bits per heavy atom. The Morgan fingerprint density at radius 2 is 2.17 bits per heavy atom. The van der Waals surface area contributed by atoms with Gasteiger partial charge in [-0.2, -0.15) is 5.10 Å². The fraction of sp³-hybridized carbons (Fsp3) is 0.182. The molecule has 0 amide bonds. The highest BCUT2D eigenvalue weighted by Gasteiger charge is 2.16. The molecule has 0 aliphatic rings. The lowest BCUT2D eigenvalue weighted by molar-refractivity contribution is 0.0596. The zero-order chi connectivity index (χ0) is 13.4. The van der Waals surface area contributed by atoms with Crippen molar-refractivity contribution in [1.82, 2.24) is 0 Å². The summed E-state index contributed by atoms with van der Waals surface area (Å²) in [7, 11) is 2.56. The second kappa shape index (κ2) is 7.00. The minimum atomic E-state index is -0.781. The molecule has 0 fully saturated rings. The van der Waals surface area contributed by atoms with E-state index < -0.39 is 11.8 Å². The Morgan fingerprint density at radius 3 is 2.83 bits per heavy atom. The van der Waals surface area contributed by atoms with E-state index in [9.17, 15) is 9.18 Å². The third-order valence-corrected chi connectivity index (χ3v) is 1.90. The first-order valence-electron chi connectivity index (χ1n) is 4.91. The van der Waals surface area contributed by atoms with E-state index in [0.717, 1.165) is 6.07 Å². The molecule has 0 atom stereocenters. The van der Waals surface area contributed by atoms with E-state index in [1.165, 1.54) is 38.8 Å². The highest BCUT2D eigenvalue weighted by molar-refractivity contribution is 6.16. The van der Waals surface area contributed by atoms with Gasteiger partial charge >= 0.3 is 5.97 Å². The Balaban J connectivity index is 2.88. The Kier molecular flexibility index (Phi) is 5.30. The van der Waals surface area contributed by atoms with Gasteiger partial charge in [0.05, 0.1) is 25.2 Å². The number of hydrazone groups is 1. The van der Waals surface area contributed by atoms with Gasteiger partial charge in [0.15, 0.2) is 0 Å². The van der Waals surface area contributed by atoms with E-state index in [0.29, 0.717) is 0 Å². The molecular weight excluding hydrogens is 241 g/mol. The summed E-state index contributed by atoms with van der Waals surface area (Å²) in [6.07, 6.45) is 2.57. The molecule has 0 aliphatic heterocycles. The molecule has 0 unspecified atom stereocenters. The number of oxime groups is 1. The number of methoxy groups -OCH3 is 1. The minimum Gasteiger partial charge on any atom is -0.465 e. The molecule has 0 heterocycles. The molecule has 1 N–H and O–H groups in total. The molecule has 0 saturated heterocycles. The molecule has 0 radical (unpaired) electrons. The standard InChI is InChI=1S/C11H12FN3O3/c1-17-11(16)10-8(12)4-3-5-9(10)15-13-6-7-14-18-2/h3-7,15H,1-2H3. The van der Waals surface area contributed by atoms with Crippen LogP contribution in [0.4, 0.5) is 10.1 Å². The van der Waals surface area contributed by atoms with Crippen molar-refractivity contribution in [3.8, 4) is 0 Å². The van der Waals surface area contributed by atoms with Crippen molar-refractivity contribution >= 4 is 24.1 Å². The summed E-state index contributed by atoms with van der Waals surface area (Å²) in [5.41, 5.74) is 2.50. The van der Waals surface area contributed by atoms with Crippen LogP contribution in [-0.4, -0.2) is 32.6 Å². The van der Waals surface area contributed by atoms with Crippen LogP contribution in [0.1, 0.15) is 10.4 Å². The number of ether oxygens (including phenoxy) is 1. The molecule has 0 spiro atoms. The van der Waals surface area contributed by atoms with Gasteiger partial charge in [-0.15, -0.1) is 0 Å². The van der Waals surface area contributed by atoms with Gasteiger partial charge in [0.1, 0.15) is 18.5 Å². The predicted octanol–water partition coefficient (Wildman–Crippen LogP) is 1.64. The van der Waals surface area contributed by atoms with Crippen LogP contribution in [0.5, 0.6) is 0 Å². The van der Waals surface area contributed by atoms with Crippen molar-refractivity contribution in [2.75, 3.05) is 19.6 Å². The normalized spacial score (nSPS) is 10.8. The zero-order valence-corrected chi connectivity index (χ0v) is 9.88. The van der Waals surface area contributed by atoms with Crippen molar-refractivity contribution in [1.29, 1.82) is 0 Å². The SMILES string of the molecule is CON=CC=NNc1cccc(F)c1C(=O)OC. The van der Waals surface area contributed by atoms with Crippen molar-refractivity contribution in [2.45, 2.75) is 0 Å². The van der Waals surface area contributed by atoms with E-state index in [-0.39, 0.29) is 11.3 Å². The van der Waals surface area contributed by atoms with Gasteiger partial charge < -0.3 is 9.57 Å². The van der Waals surface area contributed by atoms with Gasteiger partial charge in [0.2, 0.25) is 0 Å². The quantitative estimate of drug-likeness (QED) is 0.492. The molecule has 1 aromatic rings. The maximum atomic E-state index is 13.5. The van der Waals surface area contributed by atoms with Crippen molar-refractivity contribution in [3.63, 3.8) is 0 Å². The number of esters is 1. The number of halogens is 1. The van der Waals surface area contributed by atoms with Crippen LogP contribution < -0.4 is 5.43 Å². The zero-order valence-electron chi connectivity index (χ0n) is 9.88. The summed E-state index contributed by atoms with van der Waals surface area (Å²) in [6.45, 7) is 0. The second-order valence-corrected chi connectivity index (χ2v) is 2.98. The number of hydrogen-bond acceptors (Lipinski definition) is 6. The summed E-state index contributed by atoms with van der Waals surface area (Å²) >= 11 is 0. The summed E-state index contributed by atoms with van der Waals surface area (Å²) in [4.78, 5) is 15.8. The molecule has 0 aliphatic carbocycles. The van der Waals surface area contributed by atoms with Crippen LogP contribution in [0.3, 0.4) is 0 Å². The predicted molar refractivity (Wildman–Crippen MR) is 65.4 cm³/mol. The lowest BCUT2D eigenvalue weighted by atomic mass is 10.1. The highest BCUT2D eigenvalue weighted by atomic mass is 19.1. The van der Waals surface area contributed by atoms with Gasteiger partial charge in [0.25, 0.3) is 0 Å². The maximum absolute atomic E-state index is 13.5. The molecule has 1 rings (SSSR count). The fourth-order valence-corrected chi connectivity index (χ4v) is 1.16. The van der Waals surface area contributed by atoms with E-state index in [2.05, 4.69) is 25.3 Å². The first-order chi connectivity index (χ1) is 8.70. The van der Waals surface area contributed by atoms with Gasteiger partial charge in [0, 0.05) is 0 Å². The Labute approximate surface area is 103 Å². The van der Waals surface area contributed by atoms with E-state index in [1.807, 2.05) is 0 Å². The smallest absolute Gasteiger partial charge is 0.343 e. The maximum Gasteiger partial charge on any atom is 0.343 e. The summed E-state index contributed by atoms with van der Waals surface area (Å²) < 4.78 is 18.0. The molecule has 0 aromatic heterocycles. The van der Waals surface area contributed by atoms with Crippen LogP contribution in [0, 0.1) is 5.82 Å². The lowest BCUT2D eigenvalue weighted by Crippen LogP contribution is -2.08. The Hall–Kier alpha value is -2.44. The van der Waals surface area contributed by atoms with Crippen LogP contribution in [-0.2, 0) is 9.57 Å². The molecule has 0 saturated carbocycles. The monoisotopic (exact) mass is 253 g/mol. The largest absolute Gasteiger partial charge is 0.465 e. The lowest BCUT2D eigenvalue weighted by Gasteiger charge is -2.07. The van der Waals surface area contributed by atoms with Gasteiger partial charge in [-0.25, -0.2) is 9.18 Å². The molecular formula is C11H12FN3O3. The highest BCUT2D eigenvalue weighted by Crippen LogP contribution is 2.19. The molecule has 1 aromatic carbocycles. The minimum absolute atomic E-state index is 0.198. The van der Waals surface area contributed by atoms with Crippen LogP contribution in [0.25, 0.3) is 0 Å². The third kappa shape index (κ3) is 3.55. The van der Waals surface area contributed by atoms with Crippen molar-refractivity contribution in [2.24, 2.45) is 10.3 Å². The molecule has 6 nitrogen and oxygen atoms in total. The van der Waals surface area contributed by atoms with E-state index in [4.69, 9.17) is 0 Å². The van der Waals surface area contributed by atoms with Crippen molar-refractivity contribution < 1.29 is 18.8 Å². The first kappa shape index (κ1) is 13.6. The molecule has 18 heavy (non-hydrogen) atoms. The summed E-state index contributed by atoms with van der Waals surface area (Å²) in [5, 5.41) is 7.13. The van der Waals surface area contributed by atoms with E-state index >= 15 is 0 Å². The average molecular weight is 253 g/mol. The fourth-order valence-electron chi connectivity index (χ4n) is 1.16. The third-order valence-electron chi connectivity index (χ3n) is 1.90. The number of anilines is 1.